The first-order valence-electron chi connectivity index (χ1n) is 15.7. The Morgan fingerprint density at radius 3 is 2.27 bits per heavy atom. The van der Waals surface area contributed by atoms with Crippen LogP contribution >= 0.6 is 0 Å². The van der Waals surface area contributed by atoms with Crippen LogP contribution in [0.25, 0.3) is 10.9 Å². The van der Waals surface area contributed by atoms with Crippen LogP contribution in [-0.4, -0.2) is 78.6 Å². The number of pyridine rings is 1. The number of aliphatic hydroxyl groups is 1. The molecule has 3 amide bonds. The van der Waals surface area contributed by atoms with Gasteiger partial charge in [-0.25, -0.2) is 13.4 Å². The van der Waals surface area contributed by atoms with Crippen LogP contribution in [0.4, 0.5) is 0 Å². The smallest absolute Gasteiger partial charge is 0.270 e. The van der Waals surface area contributed by atoms with E-state index in [1.54, 1.807) is 55.5 Å². The highest BCUT2D eigenvalue weighted by Gasteiger charge is 2.34. The summed E-state index contributed by atoms with van der Waals surface area (Å²) in [4.78, 5) is 49.0. The lowest BCUT2D eigenvalue weighted by atomic mass is 10.00. The summed E-state index contributed by atoms with van der Waals surface area (Å²) in [5.41, 5.74) is 6.74. The summed E-state index contributed by atoms with van der Waals surface area (Å²) in [5.74, 6) is -1.94. The molecule has 13 nitrogen and oxygen atoms in total. The fourth-order valence-corrected chi connectivity index (χ4v) is 6.21. The topological polar surface area (TPSA) is 190 Å². The van der Waals surface area contributed by atoms with E-state index in [-0.39, 0.29) is 17.0 Å². The van der Waals surface area contributed by atoms with Crippen molar-refractivity contribution in [2.24, 2.45) is 5.73 Å². The molecule has 0 aliphatic heterocycles. The van der Waals surface area contributed by atoms with Gasteiger partial charge in [0.05, 0.1) is 48.7 Å². The molecule has 2 unspecified atom stereocenters. The SMILES string of the molecule is CCC(C)ON(C[C@@H](O)[C@H](Cc1ccccc1)NC(=O)C(CC(N)=O)NC(=O)c1ccc2ccccc2n1)S(=O)(=O)c1ccc(OC)cc1. The highest BCUT2D eigenvalue weighted by atomic mass is 32.2. The molecule has 0 radical (unpaired) electrons. The number of amides is 3. The Labute approximate surface area is 285 Å². The summed E-state index contributed by atoms with van der Waals surface area (Å²) in [6, 6.07) is 22.5. The standard InChI is InChI=1S/C35H41N5O8S/c1-4-23(2)48-40(49(45,46)27-17-15-26(47-3)16-18-27)22-32(41)30(20-24-10-6-5-7-11-24)38-35(44)31(21-33(36)42)39-34(43)29-19-14-25-12-8-9-13-28(25)37-29/h5-19,23,30-32,41H,4,20-22H2,1-3H3,(H2,36,42)(H,38,44)(H,39,43)/t23?,30-,31?,32+/m0/s1. The van der Waals surface area contributed by atoms with Gasteiger partial charge in [0.15, 0.2) is 0 Å². The van der Waals surface area contributed by atoms with Crippen LogP contribution < -0.4 is 21.1 Å². The molecule has 14 heteroatoms. The van der Waals surface area contributed by atoms with Gasteiger partial charge in [-0.05, 0) is 61.7 Å². The van der Waals surface area contributed by atoms with Crippen molar-refractivity contribution in [2.75, 3.05) is 13.7 Å². The maximum atomic E-state index is 13.7. The number of primary amides is 1. The number of sulfonamides is 1. The lowest BCUT2D eigenvalue weighted by molar-refractivity contribution is -0.144. The number of aromatic nitrogens is 1. The number of hydrogen-bond donors (Lipinski definition) is 4. The fraction of sp³-hybridized carbons (Fsp3) is 0.314. The number of rotatable bonds is 17. The van der Waals surface area contributed by atoms with Gasteiger partial charge in [-0.15, -0.1) is 0 Å². The van der Waals surface area contributed by atoms with Crippen molar-refractivity contribution in [2.45, 2.75) is 62.3 Å². The number of nitrogens with one attached hydrogen (secondary N) is 2. The van der Waals surface area contributed by atoms with Crippen molar-refractivity contribution in [3.63, 3.8) is 0 Å². The van der Waals surface area contributed by atoms with Gasteiger partial charge >= 0.3 is 0 Å². The number of carbonyl (C=O) groups is 3. The largest absolute Gasteiger partial charge is 0.497 e. The Bertz CT molecular complexity index is 1840. The Hall–Kier alpha value is -4.89. The molecule has 4 aromatic rings. The van der Waals surface area contributed by atoms with Gasteiger partial charge in [-0.3, -0.25) is 19.2 Å². The number of aliphatic hydroxyl groups excluding tert-OH is 1. The number of hydroxylamine groups is 1. The number of nitrogens with zero attached hydrogens (tertiary/aromatic N) is 2. The minimum atomic E-state index is -4.30. The van der Waals surface area contributed by atoms with E-state index in [9.17, 15) is 27.9 Å². The van der Waals surface area contributed by atoms with Gasteiger partial charge in [0, 0.05) is 5.39 Å². The molecule has 0 aliphatic rings. The molecule has 0 fully saturated rings. The minimum absolute atomic E-state index is 0.0170. The molecule has 5 N–H and O–H groups in total. The van der Waals surface area contributed by atoms with Crippen LogP contribution in [0.5, 0.6) is 5.75 Å². The third kappa shape index (κ3) is 10.1. The predicted molar refractivity (Wildman–Crippen MR) is 183 cm³/mol. The van der Waals surface area contributed by atoms with E-state index in [1.165, 1.54) is 37.4 Å². The Morgan fingerprint density at radius 2 is 1.61 bits per heavy atom. The molecule has 0 aliphatic carbocycles. The molecular weight excluding hydrogens is 650 g/mol. The van der Waals surface area contributed by atoms with Gasteiger partial charge in [0.1, 0.15) is 17.5 Å². The summed E-state index contributed by atoms with van der Waals surface area (Å²) in [6.45, 7) is 2.94. The summed E-state index contributed by atoms with van der Waals surface area (Å²) in [5, 5.41) is 17.6. The Balaban J connectivity index is 1.60. The lowest BCUT2D eigenvalue weighted by Crippen LogP contribution is -2.56. The van der Waals surface area contributed by atoms with Crippen molar-refractivity contribution >= 4 is 38.6 Å². The van der Waals surface area contributed by atoms with E-state index in [0.717, 1.165) is 10.9 Å². The summed E-state index contributed by atoms with van der Waals surface area (Å²) >= 11 is 0. The van der Waals surface area contributed by atoms with Crippen LogP contribution in [-0.2, 0) is 30.9 Å². The molecule has 0 bridgehead atoms. The number of ether oxygens (including phenoxy) is 1. The molecule has 4 atom stereocenters. The van der Waals surface area contributed by atoms with E-state index < -0.39 is 65.0 Å². The zero-order valence-electron chi connectivity index (χ0n) is 27.5. The lowest BCUT2D eigenvalue weighted by Gasteiger charge is -2.31. The quantitative estimate of drug-likeness (QED) is 0.121. The molecule has 0 saturated heterocycles. The second-order valence-electron chi connectivity index (χ2n) is 11.4. The highest BCUT2D eigenvalue weighted by Crippen LogP contribution is 2.22. The summed E-state index contributed by atoms with van der Waals surface area (Å²) < 4.78 is 33.4. The van der Waals surface area contributed by atoms with Crippen molar-refractivity contribution in [3.8, 4) is 5.75 Å². The third-order valence-corrected chi connectivity index (χ3v) is 9.42. The second kappa shape index (κ2) is 17.0. The van der Waals surface area contributed by atoms with Crippen LogP contribution in [0, 0.1) is 0 Å². The molecule has 0 saturated carbocycles. The van der Waals surface area contributed by atoms with Crippen molar-refractivity contribution in [1.29, 1.82) is 0 Å². The maximum Gasteiger partial charge on any atom is 0.270 e. The Kier molecular flexibility index (Phi) is 12.8. The fourth-order valence-electron chi connectivity index (χ4n) is 4.89. The third-order valence-electron chi connectivity index (χ3n) is 7.78. The van der Waals surface area contributed by atoms with Crippen LogP contribution in [0.2, 0.25) is 0 Å². The highest BCUT2D eigenvalue weighted by molar-refractivity contribution is 7.89. The number of carbonyl (C=O) groups excluding carboxylic acids is 3. The normalized spacial score (nSPS) is 14.1. The first-order valence-corrected chi connectivity index (χ1v) is 17.2. The average Bonchev–Trinajstić information content (AvgIpc) is 3.10. The molecule has 1 heterocycles. The zero-order valence-corrected chi connectivity index (χ0v) is 28.3. The monoisotopic (exact) mass is 691 g/mol. The zero-order chi connectivity index (χ0) is 35.6. The van der Waals surface area contributed by atoms with Crippen LogP contribution in [0.15, 0.2) is 95.9 Å². The van der Waals surface area contributed by atoms with Gasteiger partial charge in [-0.2, -0.15) is 0 Å². The van der Waals surface area contributed by atoms with E-state index in [2.05, 4.69) is 15.6 Å². The maximum absolute atomic E-state index is 13.7. The van der Waals surface area contributed by atoms with Gasteiger partial charge in [-0.1, -0.05) is 66.0 Å². The molecule has 1 aromatic heterocycles. The molecular formula is C35H41N5O8S. The number of hydrogen-bond acceptors (Lipinski definition) is 9. The van der Waals surface area contributed by atoms with Gasteiger partial charge < -0.3 is 26.2 Å². The van der Waals surface area contributed by atoms with Crippen LogP contribution in [0.1, 0.15) is 42.7 Å². The second-order valence-corrected chi connectivity index (χ2v) is 13.3. The average molecular weight is 692 g/mol. The first kappa shape index (κ1) is 36.9. The number of para-hydroxylation sites is 1. The summed E-state index contributed by atoms with van der Waals surface area (Å²) in [7, 11) is -2.84. The van der Waals surface area contributed by atoms with Crippen molar-refractivity contribution < 1.29 is 37.5 Å². The van der Waals surface area contributed by atoms with E-state index in [4.69, 9.17) is 15.3 Å². The number of nitrogens with two attached hydrogens (primary N) is 1. The van der Waals surface area contributed by atoms with Crippen LogP contribution in [0.3, 0.4) is 0 Å². The molecule has 3 aromatic carbocycles. The van der Waals surface area contributed by atoms with E-state index in [1.807, 2.05) is 19.1 Å². The molecule has 4 rings (SSSR count). The first-order chi connectivity index (χ1) is 23.4. The Morgan fingerprint density at radius 1 is 0.939 bits per heavy atom. The van der Waals surface area contributed by atoms with E-state index in [0.29, 0.717) is 22.2 Å². The van der Waals surface area contributed by atoms with E-state index >= 15 is 0 Å². The van der Waals surface area contributed by atoms with Gasteiger partial charge in [0.25, 0.3) is 15.9 Å². The van der Waals surface area contributed by atoms with Crippen molar-refractivity contribution in [3.05, 3.63) is 102 Å². The van der Waals surface area contributed by atoms with Crippen molar-refractivity contribution in [1.82, 2.24) is 20.1 Å². The number of methoxy groups -OCH3 is 1. The molecule has 0 spiro atoms. The number of benzene rings is 3. The minimum Gasteiger partial charge on any atom is -0.497 e. The van der Waals surface area contributed by atoms with Gasteiger partial charge in [0.2, 0.25) is 11.8 Å². The summed E-state index contributed by atoms with van der Waals surface area (Å²) in [6.07, 6.45) is -2.07. The molecule has 260 valence electrons. The number of fused-ring (bicyclic) bond motifs is 1. The predicted octanol–water partition coefficient (Wildman–Crippen LogP) is 2.73. The molecule has 49 heavy (non-hydrogen) atoms.